The third kappa shape index (κ3) is 13.9. The van der Waals surface area contributed by atoms with Gasteiger partial charge in [0.25, 0.3) is 0 Å². The van der Waals surface area contributed by atoms with E-state index in [9.17, 15) is 39.0 Å². The lowest BCUT2D eigenvalue weighted by molar-refractivity contribution is -0.143. The number of carbonyl (C=O) groups is 6. The maximum atomic E-state index is 14.7. The molecule has 17 nitrogen and oxygen atoms in total. The summed E-state index contributed by atoms with van der Waals surface area (Å²) in [7, 11) is 0. The molecule has 0 bridgehead atoms. The second-order valence-electron chi connectivity index (χ2n) is 17.1. The van der Waals surface area contributed by atoms with Gasteiger partial charge in [-0.25, -0.2) is 4.79 Å². The van der Waals surface area contributed by atoms with Crippen LogP contribution < -0.4 is 38.1 Å². The number of para-hydroxylation sites is 2. The normalized spacial score (nSPS) is 14.4. The number of nitrogens with one attached hydrogen (secondary N) is 7. The predicted octanol–water partition coefficient (Wildman–Crippen LogP) is 2.66. The van der Waals surface area contributed by atoms with E-state index in [2.05, 4.69) is 36.6 Å². The number of aliphatic carboxylic acids is 1. The van der Waals surface area contributed by atoms with Crippen molar-refractivity contribution in [1.29, 1.82) is 0 Å². The van der Waals surface area contributed by atoms with E-state index in [4.69, 9.17) is 11.5 Å². The smallest absolute Gasteiger partial charge is 0.326 e. The molecule has 0 radical (unpaired) electrons. The van der Waals surface area contributed by atoms with Gasteiger partial charge in [-0.1, -0.05) is 110 Å². The van der Waals surface area contributed by atoms with E-state index >= 15 is 0 Å². The van der Waals surface area contributed by atoms with Crippen LogP contribution in [0.2, 0.25) is 0 Å². The van der Waals surface area contributed by atoms with Crippen LogP contribution >= 0.6 is 0 Å². The fraction of sp³-hybridized carbons (Fsp3) is 0.333. The van der Waals surface area contributed by atoms with Gasteiger partial charge >= 0.3 is 5.97 Å². The quantitative estimate of drug-likeness (QED) is 0.0374. The van der Waals surface area contributed by atoms with Gasteiger partial charge in [0.05, 0.1) is 12.1 Å². The number of amides is 5. The zero-order chi connectivity index (χ0) is 48.6. The summed E-state index contributed by atoms with van der Waals surface area (Å²) in [4.78, 5) is 89.6. The van der Waals surface area contributed by atoms with Crippen molar-refractivity contribution in [3.8, 4) is 0 Å². The van der Waals surface area contributed by atoms with Crippen LogP contribution in [0.15, 0.2) is 122 Å². The topological polar surface area (TPSA) is 287 Å². The van der Waals surface area contributed by atoms with E-state index in [1.807, 2.05) is 78.9 Å². The lowest BCUT2D eigenvalue weighted by Crippen LogP contribution is -2.61. The van der Waals surface area contributed by atoms with E-state index in [-0.39, 0.29) is 32.1 Å². The molecule has 358 valence electrons. The van der Waals surface area contributed by atoms with Gasteiger partial charge in [-0.2, -0.15) is 0 Å². The molecular formula is C51H61N9O8. The number of hydrogen-bond donors (Lipinski definition) is 11. The van der Waals surface area contributed by atoms with Crippen molar-refractivity contribution in [2.75, 3.05) is 6.54 Å². The zero-order valence-electron chi connectivity index (χ0n) is 38.0. The van der Waals surface area contributed by atoms with Crippen LogP contribution in [0.1, 0.15) is 54.9 Å². The van der Waals surface area contributed by atoms with Crippen molar-refractivity contribution < 1.29 is 39.0 Å². The average molecular weight is 928 g/mol. The fourth-order valence-corrected chi connectivity index (χ4v) is 8.15. The first-order chi connectivity index (χ1) is 32.8. The lowest BCUT2D eigenvalue weighted by atomic mass is 10.00. The van der Waals surface area contributed by atoms with Crippen molar-refractivity contribution in [3.05, 3.63) is 144 Å². The largest absolute Gasteiger partial charge is 0.480 e. The summed E-state index contributed by atoms with van der Waals surface area (Å²) in [6, 6.07) is 25.1. The minimum absolute atomic E-state index is 0.0319. The van der Waals surface area contributed by atoms with E-state index in [1.165, 1.54) is 6.92 Å². The Morgan fingerprint density at radius 3 is 1.50 bits per heavy atom. The summed E-state index contributed by atoms with van der Waals surface area (Å²) >= 11 is 0. The SMILES string of the molecule is C[C@@H](O)[C@H](NC(=O)[C@H](CCCCCN)NC(=O)[C@@H](Cc1c[nH]c2ccccc12)NC(=O)[C@H](Cc1c[nH]c2ccccc12)NC(=O)[C@@H](N)Cc1ccccc1)C(=O)N[C@@H](Cc1ccccc1)C(=O)O. The van der Waals surface area contributed by atoms with Gasteiger partial charge in [-0.3, -0.25) is 24.0 Å². The number of aromatic nitrogens is 2. The highest BCUT2D eigenvalue weighted by Crippen LogP contribution is 2.22. The fourth-order valence-electron chi connectivity index (χ4n) is 8.15. The van der Waals surface area contributed by atoms with Gasteiger partial charge in [0, 0.05) is 53.5 Å². The molecule has 6 rings (SSSR count). The highest BCUT2D eigenvalue weighted by molar-refractivity contribution is 5.97. The minimum atomic E-state index is -1.60. The highest BCUT2D eigenvalue weighted by Gasteiger charge is 2.35. The molecule has 0 unspecified atom stereocenters. The van der Waals surface area contributed by atoms with Gasteiger partial charge in [-0.05, 0) is 67.1 Å². The van der Waals surface area contributed by atoms with Crippen LogP contribution in [0.4, 0.5) is 0 Å². The number of carbonyl (C=O) groups excluding carboxylic acids is 5. The van der Waals surface area contributed by atoms with E-state index < -0.39 is 77.9 Å². The van der Waals surface area contributed by atoms with Gasteiger partial charge in [0.1, 0.15) is 30.2 Å². The van der Waals surface area contributed by atoms with Crippen LogP contribution in [0.25, 0.3) is 21.8 Å². The molecule has 2 heterocycles. The Labute approximate surface area is 394 Å². The molecule has 7 atom stereocenters. The molecule has 0 saturated heterocycles. The van der Waals surface area contributed by atoms with Crippen LogP contribution in [-0.4, -0.2) is 105 Å². The summed E-state index contributed by atoms with van der Waals surface area (Å²) < 4.78 is 0. The number of aromatic amines is 2. The number of H-pyrrole nitrogens is 2. The number of benzene rings is 4. The van der Waals surface area contributed by atoms with Gasteiger partial charge in [0.2, 0.25) is 29.5 Å². The van der Waals surface area contributed by atoms with Crippen LogP contribution in [0, 0.1) is 0 Å². The zero-order valence-corrected chi connectivity index (χ0v) is 38.0. The number of aliphatic hydroxyl groups is 1. The maximum Gasteiger partial charge on any atom is 0.326 e. The summed E-state index contributed by atoms with van der Waals surface area (Å²) in [5.74, 6) is -5.09. The number of hydrogen-bond acceptors (Lipinski definition) is 9. The molecule has 6 aromatic rings. The summed E-state index contributed by atoms with van der Waals surface area (Å²) in [5.41, 5.74) is 16.7. The number of unbranched alkanes of at least 4 members (excludes halogenated alkanes) is 2. The summed E-state index contributed by atoms with van der Waals surface area (Å²) in [6.45, 7) is 1.67. The van der Waals surface area contributed by atoms with Crippen molar-refractivity contribution in [2.45, 2.75) is 101 Å². The molecule has 0 aliphatic carbocycles. The Morgan fingerprint density at radius 2 is 0.985 bits per heavy atom. The second kappa shape index (κ2) is 24.4. The highest BCUT2D eigenvalue weighted by atomic mass is 16.4. The number of carboxylic acid groups (broad SMARTS) is 1. The predicted molar refractivity (Wildman–Crippen MR) is 259 cm³/mol. The van der Waals surface area contributed by atoms with Crippen LogP contribution in [0.5, 0.6) is 0 Å². The molecule has 0 aliphatic rings. The Morgan fingerprint density at radius 1 is 0.529 bits per heavy atom. The molecule has 2 aromatic heterocycles. The van der Waals surface area contributed by atoms with Gasteiger partial charge in [-0.15, -0.1) is 0 Å². The molecular weight excluding hydrogens is 867 g/mol. The van der Waals surface area contributed by atoms with Crippen molar-refractivity contribution in [3.63, 3.8) is 0 Å². The molecule has 0 aliphatic heterocycles. The van der Waals surface area contributed by atoms with Crippen molar-refractivity contribution in [2.24, 2.45) is 11.5 Å². The van der Waals surface area contributed by atoms with Crippen molar-refractivity contribution >= 4 is 57.3 Å². The van der Waals surface area contributed by atoms with E-state index in [0.29, 0.717) is 36.9 Å². The minimum Gasteiger partial charge on any atom is -0.480 e. The maximum absolute atomic E-state index is 14.7. The van der Waals surface area contributed by atoms with E-state index in [1.54, 1.807) is 42.7 Å². The Balaban J connectivity index is 1.26. The Hall–Kier alpha value is -7.34. The third-order valence-corrected chi connectivity index (χ3v) is 11.9. The molecule has 0 saturated carbocycles. The third-order valence-electron chi connectivity index (χ3n) is 11.9. The Bertz CT molecular complexity index is 2630. The number of nitrogens with two attached hydrogens (primary N) is 2. The number of rotatable bonds is 25. The summed E-state index contributed by atoms with van der Waals surface area (Å²) in [6.07, 6.45) is 3.92. The van der Waals surface area contributed by atoms with Gasteiger partial charge < -0.3 is 58.2 Å². The Kier molecular flexibility index (Phi) is 18.0. The molecule has 17 heteroatoms. The van der Waals surface area contributed by atoms with E-state index in [0.717, 1.165) is 32.9 Å². The molecule has 0 spiro atoms. The average Bonchev–Trinajstić information content (AvgIpc) is 3.94. The molecule has 13 N–H and O–H groups in total. The van der Waals surface area contributed by atoms with Gasteiger partial charge in [0.15, 0.2) is 0 Å². The number of aliphatic hydroxyl groups excluding tert-OH is 1. The monoisotopic (exact) mass is 927 g/mol. The summed E-state index contributed by atoms with van der Waals surface area (Å²) in [5, 5.41) is 35.9. The number of carboxylic acids is 1. The first kappa shape index (κ1) is 50.1. The first-order valence-electron chi connectivity index (χ1n) is 22.9. The molecule has 5 amide bonds. The number of fused-ring (bicyclic) bond motifs is 2. The second-order valence-corrected chi connectivity index (χ2v) is 17.1. The van der Waals surface area contributed by atoms with Crippen LogP contribution in [0.3, 0.4) is 0 Å². The first-order valence-corrected chi connectivity index (χ1v) is 22.9. The van der Waals surface area contributed by atoms with Crippen molar-refractivity contribution in [1.82, 2.24) is 36.6 Å². The molecule has 68 heavy (non-hydrogen) atoms. The van der Waals surface area contributed by atoms with Crippen LogP contribution in [-0.2, 0) is 54.5 Å². The standard InChI is InChI=1S/C51H61N9O8/c1-31(61)45(50(66)59-44(51(67)68)26-33-17-7-3-8-18-33)60-47(63)41(23-9-4-14-24-52)56-48(64)43(28-35-30-55-40-22-13-11-20-37(35)40)58-49(65)42(27-34-29-54-39-21-12-10-19-36(34)39)57-46(62)38(53)25-32-15-5-2-6-16-32/h2-3,5-8,10-13,15-22,29-31,38,41-45,54-55,61H,4,9,14,23-28,52-53H2,1H3,(H,56,64)(H,57,62)(H,58,65)(H,59,66)(H,60,63)(H,67,68)/t31-,38+,41+,42+,43-,44+,45+/m1/s1. The lowest BCUT2D eigenvalue weighted by Gasteiger charge is -2.28. The molecule has 0 fully saturated rings. The molecule has 4 aromatic carbocycles.